The Hall–Kier alpha value is 2.08. The molecule has 19 heavy (non-hydrogen) atoms. The van der Waals surface area contributed by atoms with Crippen molar-refractivity contribution in [2.75, 3.05) is 26.2 Å². The van der Waals surface area contributed by atoms with Crippen LogP contribution in [-0.4, -0.2) is 82.0 Å². The van der Waals surface area contributed by atoms with E-state index in [1.807, 2.05) is 0 Å². The van der Waals surface area contributed by atoms with Gasteiger partial charge in [-0.15, -0.1) is 0 Å². The molecule has 0 aliphatic carbocycles. The fourth-order valence-corrected chi connectivity index (χ4v) is 2.64. The molecule has 0 atom stereocenters. The molecule has 0 aliphatic heterocycles. The van der Waals surface area contributed by atoms with Gasteiger partial charge in [-0.05, 0) is 25.7 Å². The van der Waals surface area contributed by atoms with Gasteiger partial charge in [0.05, 0.1) is 26.2 Å². The van der Waals surface area contributed by atoms with Crippen LogP contribution in [0.1, 0.15) is 79.1 Å². The quantitative estimate of drug-likeness (QED) is 0.366. The van der Waals surface area contributed by atoms with Crippen LogP contribution in [0.5, 0.6) is 0 Å². The summed E-state index contributed by atoms with van der Waals surface area (Å²) >= 11 is 0. The van der Waals surface area contributed by atoms with Gasteiger partial charge in [-0.1, -0.05) is 53.4 Å². The maximum Gasteiger partial charge on any atom is 0.0786 e. The zero-order valence-electron chi connectivity index (χ0n) is 14.3. The molecule has 0 aliphatic rings. The van der Waals surface area contributed by atoms with Crippen LogP contribution in [0, 0.1) is 0 Å². The van der Waals surface area contributed by atoms with E-state index in [0.29, 0.717) is 0 Å². The van der Waals surface area contributed by atoms with Crippen LogP contribution in [0.4, 0.5) is 0 Å². The number of nitrogens with zero attached hydrogens (tertiary/aromatic N) is 1. The first-order valence-electron chi connectivity index (χ1n) is 8.09. The second kappa shape index (κ2) is 18.1. The maximum atomic E-state index is 2.33. The molecule has 0 aromatic heterocycles. The van der Waals surface area contributed by atoms with E-state index in [9.17, 15) is 0 Å². The Balaban J connectivity index is -0.00000128. The number of quaternary nitrogens is 1. The Morgan fingerprint density at radius 3 is 0.895 bits per heavy atom. The van der Waals surface area contributed by atoms with E-state index in [1.54, 1.807) is 0 Å². The Bertz CT molecular complexity index is 127. The Labute approximate surface area is 176 Å². The van der Waals surface area contributed by atoms with E-state index in [-0.39, 0.29) is 68.4 Å². The molecule has 0 spiro atoms. The average Bonchev–Trinajstić information content (AvgIpc) is 2.37. The SMILES string of the molecule is CCCC[N+](CCCC)(CCCC)CCCC.[Br-].[K]. The van der Waals surface area contributed by atoms with E-state index in [4.69, 9.17) is 0 Å². The summed E-state index contributed by atoms with van der Waals surface area (Å²) in [6, 6.07) is 0. The molecular formula is C16H36BrKN. The van der Waals surface area contributed by atoms with Crippen molar-refractivity contribution in [2.45, 2.75) is 79.1 Å². The molecule has 0 unspecified atom stereocenters. The largest absolute Gasteiger partial charge is 1.00 e. The third-order valence-corrected chi connectivity index (χ3v) is 3.94. The normalized spacial score (nSPS) is 10.7. The van der Waals surface area contributed by atoms with E-state index in [1.165, 1.54) is 82.0 Å². The van der Waals surface area contributed by atoms with Crippen molar-refractivity contribution in [2.24, 2.45) is 0 Å². The van der Waals surface area contributed by atoms with Crippen molar-refractivity contribution < 1.29 is 21.5 Å². The van der Waals surface area contributed by atoms with Crippen LogP contribution in [0.3, 0.4) is 0 Å². The zero-order chi connectivity index (χ0) is 13.0. The maximum absolute atomic E-state index is 2.33. The van der Waals surface area contributed by atoms with Gasteiger partial charge in [0.1, 0.15) is 0 Å². The van der Waals surface area contributed by atoms with E-state index < -0.39 is 0 Å². The minimum atomic E-state index is 0. The van der Waals surface area contributed by atoms with Crippen LogP contribution in [0.25, 0.3) is 0 Å². The van der Waals surface area contributed by atoms with Crippen molar-refractivity contribution >= 4 is 51.4 Å². The summed E-state index contributed by atoms with van der Waals surface area (Å²) in [4.78, 5) is 0. The predicted molar refractivity (Wildman–Crippen MR) is 85.1 cm³/mol. The summed E-state index contributed by atoms with van der Waals surface area (Å²) in [6.45, 7) is 15.0. The van der Waals surface area contributed by atoms with Crippen molar-refractivity contribution in [1.82, 2.24) is 0 Å². The van der Waals surface area contributed by atoms with Crippen LogP contribution in [0.2, 0.25) is 0 Å². The van der Waals surface area contributed by atoms with Crippen molar-refractivity contribution in [3.63, 3.8) is 0 Å². The molecule has 0 amide bonds. The third kappa shape index (κ3) is 13.5. The molecule has 0 heterocycles. The van der Waals surface area contributed by atoms with E-state index in [2.05, 4.69) is 27.7 Å². The van der Waals surface area contributed by atoms with Gasteiger partial charge < -0.3 is 21.5 Å². The van der Waals surface area contributed by atoms with Crippen LogP contribution in [-0.2, 0) is 0 Å². The summed E-state index contributed by atoms with van der Waals surface area (Å²) in [5.74, 6) is 0. The average molecular weight is 361 g/mol. The van der Waals surface area contributed by atoms with E-state index in [0.717, 1.165) is 0 Å². The Kier molecular flexibility index (Phi) is 24.8. The number of hydrogen-bond acceptors (Lipinski definition) is 0. The van der Waals surface area contributed by atoms with Crippen LogP contribution >= 0.6 is 0 Å². The molecular weight excluding hydrogens is 325 g/mol. The summed E-state index contributed by atoms with van der Waals surface area (Å²) in [5.41, 5.74) is 0. The molecule has 0 rings (SSSR count). The molecule has 0 aromatic carbocycles. The van der Waals surface area contributed by atoms with Crippen molar-refractivity contribution in [1.29, 1.82) is 0 Å². The molecule has 0 saturated heterocycles. The number of halogens is 1. The van der Waals surface area contributed by atoms with Gasteiger partial charge in [-0.2, -0.15) is 0 Å². The fraction of sp³-hybridized carbons (Fsp3) is 1.00. The number of rotatable bonds is 12. The number of hydrogen-bond donors (Lipinski definition) is 0. The minimum Gasteiger partial charge on any atom is -1.00 e. The molecule has 0 N–H and O–H groups in total. The monoisotopic (exact) mass is 360 g/mol. The molecule has 0 saturated carbocycles. The van der Waals surface area contributed by atoms with Crippen LogP contribution < -0.4 is 17.0 Å². The Morgan fingerprint density at radius 2 is 0.737 bits per heavy atom. The van der Waals surface area contributed by atoms with Gasteiger partial charge in [-0.25, -0.2) is 0 Å². The molecule has 113 valence electrons. The predicted octanol–water partition coefficient (Wildman–Crippen LogP) is 1.63. The summed E-state index contributed by atoms with van der Waals surface area (Å²) < 4.78 is 1.42. The molecule has 0 aromatic rings. The molecule has 0 fully saturated rings. The van der Waals surface area contributed by atoms with Gasteiger partial charge in [0, 0.05) is 51.4 Å². The molecule has 1 nitrogen and oxygen atoms in total. The van der Waals surface area contributed by atoms with Gasteiger partial charge in [0.2, 0.25) is 0 Å². The molecule has 0 bridgehead atoms. The number of unbranched alkanes of at least 4 members (excludes halogenated alkanes) is 4. The Morgan fingerprint density at radius 1 is 0.526 bits per heavy atom. The smallest absolute Gasteiger partial charge is 0.0786 e. The van der Waals surface area contributed by atoms with E-state index >= 15 is 0 Å². The van der Waals surface area contributed by atoms with Gasteiger partial charge in [0.25, 0.3) is 0 Å². The van der Waals surface area contributed by atoms with Crippen molar-refractivity contribution in [3.05, 3.63) is 0 Å². The topological polar surface area (TPSA) is 0 Å². The van der Waals surface area contributed by atoms with Crippen LogP contribution in [0.15, 0.2) is 0 Å². The minimum absolute atomic E-state index is 0. The van der Waals surface area contributed by atoms with Gasteiger partial charge in [-0.3, -0.25) is 0 Å². The first kappa shape index (κ1) is 26.0. The second-order valence-corrected chi connectivity index (χ2v) is 5.65. The molecule has 3 heteroatoms. The standard InChI is InChI=1S/C16H36N.BrH.K/c1-5-9-13-17(14-10-6-2,15-11-7-3)16-12-8-4;;/h5-16H2,1-4H3;1H;/q+1;;/p-1. The van der Waals surface area contributed by atoms with Gasteiger partial charge >= 0.3 is 0 Å². The summed E-state index contributed by atoms with van der Waals surface area (Å²) in [7, 11) is 0. The van der Waals surface area contributed by atoms with Gasteiger partial charge in [0.15, 0.2) is 0 Å². The van der Waals surface area contributed by atoms with Crippen molar-refractivity contribution in [3.8, 4) is 0 Å². The first-order chi connectivity index (χ1) is 8.24. The summed E-state index contributed by atoms with van der Waals surface area (Å²) in [5, 5.41) is 0. The summed E-state index contributed by atoms with van der Waals surface area (Å²) in [6.07, 6.45) is 11.1. The third-order valence-electron chi connectivity index (χ3n) is 3.94. The zero-order valence-corrected chi connectivity index (χ0v) is 19.0. The second-order valence-electron chi connectivity index (χ2n) is 5.65. The molecule has 1 radical (unpaired) electrons. The first-order valence-corrected chi connectivity index (χ1v) is 8.09. The fourth-order valence-electron chi connectivity index (χ4n) is 2.64.